The van der Waals surface area contributed by atoms with Gasteiger partial charge in [0.2, 0.25) is 0 Å². The normalized spacial score (nSPS) is 11.6. The molecule has 35 heavy (non-hydrogen) atoms. The van der Waals surface area contributed by atoms with Gasteiger partial charge in [0, 0.05) is 23.7 Å². The van der Waals surface area contributed by atoms with E-state index in [-0.39, 0.29) is 18.3 Å². The molecule has 0 aromatic heterocycles. The lowest BCUT2D eigenvalue weighted by molar-refractivity contribution is -0.143. The fourth-order valence-electron chi connectivity index (χ4n) is 3.07. The van der Waals surface area contributed by atoms with Crippen LogP contribution in [0.2, 0.25) is 0 Å². The Labute approximate surface area is 203 Å². The van der Waals surface area contributed by atoms with Gasteiger partial charge in [0.25, 0.3) is 5.91 Å². The maximum absolute atomic E-state index is 12.7. The number of amides is 2. The van der Waals surface area contributed by atoms with Crippen molar-refractivity contribution in [2.24, 2.45) is 16.5 Å². The summed E-state index contributed by atoms with van der Waals surface area (Å²) < 4.78 is 15.5. The average Bonchev–Trinajstić information content (AvgIpc) is 2.77. The largest absolute Gasteiger partial charge is 0.496 e. The van der Waals surface area contributed by atoms with Crippen molar-refractivity contribution >= 4 is 35.3 Å². The van der Waals surface area contributed by atoms with Crippen molar-refractivity contribution < 1.29 is 28.6 Å². The van der Waals surface area contributed by atoms with Crippen LogP contribution in [-0.4, -0.2) is 49.8 Å². The van der Waals surface area contributed by atoms with Gasteiger partial charge in [-0.25, -0.2) is 14.6 Å². The summed E-state index contributed by atoms with van der Waals surface area (Å²) in [6.45, 7) is 5.15. The quantitative estimate of drug-likeness (QED) is 0.251. The molecule has 0 aliphatic rings. The molecule has 11 heteroatoms. The van der Waals surface area contributed by atoms with Crippen molar-refractivity contribution in [2.45, 2.75) is 38.8 Å². The number of ether oxygens (including phenoxy) is 3. The molecule has 11 nitrogen and oxygen atoms in total. The molecular formula is C24H31N5O6. The van der Waals surface area contributed by atoms with Crippen LogP contribution in [-0.2, 0) is 20.7 Å². The highest BCUT2D eigenvalue weighted by Gasteiger charge is 2.26. The third kappa shape index (κ3) is 8.54. The van der Waals surface area contributed by atoms with Gasteiger partial charge in [-0.1, -0.05) is 12.1 Å². The molecule has 0 fully saturated rings. The van der Waals surface area contributed by atoms with E-state index in [1.54, 1.807) is 63.2 Å². The highest BCUT2D eigenvalue weighted by molar-refractivity contribution is 6.05. The van der Waals surface area contributed by atoms with Gasteiger partial charge in [-0.05, 0) is 50.6 Å². The molecule has 1 atom stereocenters. The van der Waals surface area contributed by atoms with E-state index < -0.39 is 23.7 Å². The molecular weight excluding hydrogens is 454 g/mol. The smallest absolute Gasteiger partial charge is 0.408 e. The van der Waals surface area contributed by atoms with Crippen LogP contribution < -0.4 is 26.8 Å². The van der Waals surface area contributed by atoms with Crippen molar-refractivity contribution in [1.82, 2.24) is 5.32 Å². The minimum atomic E-state index is -1.01. The van der Waals surface area contributed by atoms with Crippen molar-refractivity contribution in [3.8, 4) is 5.75 Å². The molecule has 2 aromatic carbocycles. The second-order valence-electron chi connectivity index (χ2n) is 8.49. The first-order valence-corrected chi connectivity index (χ1v) is 10.7. The third-order valence-electron chi connectivity index (χ3n) is 4.51. The summed E-state index contributed by atoms with van der Waals surface area (Å²) in [6, 6.07) is 10.4. The number of anilines is 1. The summed E-state index contributed by atoms with van der Waals surface area (Å²) in [5.74, 6) is -0.742. The fraction of sp³-hybridized carbons (Fsp3) is 0.333. The first-order chi connectivity index (χ1) is 16.4. The van der Waals surface area contributed by atoms with E-state index in [1.165, 1.54) is 14.2 Å². The van der Waals surface area contributed by atoms with E-state index in [4.69, 9.17) is 25.7 Å². The molecule has 2 aromatic rings. The van der Waals surface area contributed by atoms with Crippen LogP contribution >= 0.6 is 0 Å². The molecule has 0 spiro atoms. The Morgan fingerprint density at radius 3 is 2.37 bits per heavy atom. The molecule has 0 heterocycles. The molecule has 1 unspecified atom stereocenters. The van der Waals surface area contributed by atoms with Gasteiger partial charge < -0.3 is 36.3 Å². The van der Waals surface area contributed by atoms with Crippen LogP contribution in [0.4, 0.5) is 16.2 Å². The number of guanidine groups is 1. The van der Waals surface area contributed by atoms with Crippen molar-refractivity contribution in [3.05, 3.63) is 53.6 Å². The van der Waals surface area contributed by atoms with Crippen molar-refractivity contribution in [2.75, 3.05) is 19.5 Å². The summed E-state index contributed by atoms with van der Waals surface area (Å²) in [5, 5.41) is 5.30. The van der Waals surface area contributed by atoms with Gasteiger partial charge in [0.15, 0.2) is 5.96 Å². The van der Waals surface area contributed by atoms with Crippen LogP contribution in [0.5, 0.6) is 5.75 Å². The number of nitrogens with one attached hydrogen (secondary N) is 2. The number of nitrogens with two attached hydrogens (primary N) is 2. The zero-order valence-corrected chi connectivity index (χ0v) is 20.4. The van der Waals surface area contributed by atoms with E-state index in [2.05, 4.69) is 15.6 Å². The number of hydrogen-bond acceptors (Lipinski definition) is 7. The lowest BCUT2D eigenvalue weighted by atomic mass is 10.0. The van der Waals surface area contributed by atoms with E-state index in [1.807, 2.05) is 0 Å². The molecule has 2 rings (SSSR count). The average molecular weight is 486 g/mol. The molecule has 188 valence electrons. The highest BCUT2D eigenvalue weighted by atomic mass is 16.6. The summed E-state index contributed by atoms with van der Waals surface area (Å²) in [6.07, 6.45) is -0.678. The standard InChI is InChI=1S/C24H31N5O6/c1-24(2,3)35-23(32)29-18(21(31)34-5)12-14-9-10-17(13-19(14)33-4)27-20(30)15-7-6-8-16(11-15)28-22(25)26/h6-11,13,18H,12H2,1-5H3,(H,27,30)(H,29,32)(H4,25,26,28). The molecule has 0 saturated heterocycles. The second-order valence-corrected chi connectivity index (χ2v) is 8.49. The van der Waals surface area contributed by atoms with Gasteiger partial charge in [-0.2, -0.15) is 0 Å². The lowest BCUT2D eigenvalue weighted by Crippen LogP contribution is -2.45. The maximum atomic E-state index is 12.7. The number of esters is 1. The number of nitrogens with zero attached hydrogens (tertiary/aromatic N) is 1. The predicted octanol–water partition coefficient (Wildman–Crippen LogP) is 2.46. The zero-order valence-electron chi connectivity index (χ0n) is 20.4. The molecule has 0 radical (unpaired) electrons. The van der Waals surface area contributed by atoms with Crippen molar-refractivity contribution in [3.63, 3.8) is 0 Å². The minimum absolute atomic E-state index is 0.0733. The number of carbonyl (C=O) groups is 3. The molecule has 6 N–H and O–H groups in total. The van der Waals surface area contributed by atoms with Crippen LogP contribution in [0.25, 0.3) is 0 Å². The number of rotatable bonds is 8. The number of aliphatic imine (C=N–C) groups is 1. The maximum Gasteiger partial charge on any atom is 0.408 e. The Morgan fingerprint density at radius 2 is 1.77 bits per heavy atom. The third-order valence-corrected chi connectivity index (χ3v) is 4.51. The molecule has 0 aliphatic carbocycles. The van der Waals surface area contributed by atoms with Gasteiger partial charge in [-0.15, -0.1) is 0 Å². The zero-order chi connectivity index (χ0) is 26.2. The fourth-order valence-corrected chi connectivity index (χ4v) is 3.07. The van der Waals surface area contributed by atoms with E-state index in [9.17, 15) is 14.4 Å². The Kier molecular flexibility index (Phi) is 9.04. The summed E-state index contributed by atoms with van der Waals surface area (Å²) in [5.41, 5.74) is 11.9. The summed E-state index contributed by atoms with van der Waals surface area (Å²) in [7, 11) is 2.68. The van der Waals surface area contributed by atoms with Gasteiger partial charge >= 0.3 is 12.1 Å². The Bertz CT molecular complexity index is 1110. The Hall–Kier alpha value is -4.28. The van der Waals surface area contributed by atoms with Gasteiger partial charge in [0.1, 0.15) is 17.4 Å². The Morgan fingerprint density at radius 1 is 1.06 bits per heavy atom. The van der Waals surface area contributed by atoms with Crippen LogP contribution in [0.15, 0.2) is 47.5 Å². The molecule has 0 bridgehead atoms. The summed E-state index contributed by atoms with van der Waals surface area (Å²) >= 11 is 0. The number of benzene rings is 2. The van der Waals surface area contributed by atoms with E-state index in [0.717, 1.165) is 0 Å². The highest BCUT2D eigenvalue weighted by Crippen LogP contribution is 2.26. The Balaban J connectivity index is 2.20. The van der Waals surface area contributed by atoms with E-state index in [0.29, 0.717) is 28.3 Å². The summed E-state index contributed by atoms with van der Waals surface area (Å²) in [4.78, 5) is 41.1. The van der Waals surface area contributed by atoms with Gasteiger partial charge in [-0.3, -0.25) is 4.79 Å². The first kappa shape index (κ1) is 27.0. The topological polar surface area (TPSA) is 167 Å². The van der Waals surface area contributed by atoms with Crippen LogP contribution in [0.3, 0.4) is 0 Å². The SMILES string of the molecule is COC(=O)C(Cc1ccc(NC(=O)c2cccc(N=C(N)N)c2)cc1OC)NC(=O)OC(C)(C)C. The number of methoxy groups -OCH3 is 2. The van der Waals surface area contributed by atoms with Crippen LogP contribution in [0.1, 0.15) is 36.7 Å². The molecule has 0 aliphatic heterocycles. The monoisotopic (exact) mass is 485 g/mol. The predicted molar refractivity (Wildman–Crippen MR) is 132 cm³/mol. The molecule has 2 amide bonds. The molecule has 0 saturated carbocycles. The minimum Gasteiger partial charge on any atom is -0.496 e. The van der Waals surface area contributed by atoms with Crippen LogP contribution in [0, 0.1) is 0 Å². The second kappa shape index (κ2) is 11.7. The first-order valence-electron chi connectivity index (χ1n) is 10.7. The number of hydrogen-bond donors (Lipinski definition) is 4. The number of carbonyl (C=O) groups excluding carboxylic acids is 3. The lowest BCUT2D eigenvalue weighted by Gasteiger charge is -2.23. The number of alkyl carbamates (subject to hydrolysis) is 1. The van der Waals surface area contributed by atoms with E-state index >= 15 is 0 Å². The van der Waals surface area contributed by atoms with Crippen molar-refractivity contribution in [1.29, 1.82) is 0 Å². The van der Waals surface area contributed by atoms with Gasteiger partial charge in [0.05, 0.1) is 19.9 Å².